The van der Waals surface area contributed by atoms with Crippen molar-refractivity contribution in [2.24, 2.45) is 11.8 Å². The number of rotatable bonds is 9. The van der Waals surface area contributed by atoms with E-state index in [1.165, 1.54) is 22.3 Å². The van der Waals surface area contributed by atoms with Crippen molar-refractivity contribution < 1.29 is 24.2 Å². The first kappa shape index (κ1) is 22.8. The van der Waals surface area contributed by atoms with Crippen molar-refractivity contribution in [2.75, 3.05) is 13.2 Å². The summed E-state index contributed by atoms with van der Waals surface area (Å²) in [7, 11) is 0. The van der Waals surface area contributed by atoms with Gasteiger partial charge < -0.3 is 20.5 Å². The van der Waals surface area contributed by atoms with Gasteiger partial charge in [0.15, 0.2) is 0 Å². The summed E-state index contributed by atoms with van der Waals surface area (Å²) in [5.41, 5.74) is 4.72. The first-order valence-corrected chi connectivity index (χ1v) is 11.5. The summed E-state index contributed by atoms with van der Waals surface area (Å²) in [4.78, 5) is 35.3. The van der Waals surface area contributed by atoms with Gasteiger partial charge in [0.25, 0.3) is 0 Å². The number of carbonyl (C=O) groups excluding carboxylic acids is 2. The van der Waals surface area contributed by atoms with Crippen molar-refractivity contribution in [3.63, 3.8) is 0 Å². The molecule has 3 N–H and O–H groups in total. The van der Waals surface area contributed by atoms with Gasteiger partial charge in [-0.05, 0) is 47.4 Å². The van der Waals surface area contributed by atoms with Crippen LogP contribution in [0.4, 0.5) is 4.79 Å². The lowest BCUT2D eigenvalue weighted by molar-refractivity contribution is -0.138. The molecule has 2 aromatic rings. The first-order valence-electron chi connectivity index (χ1n) is 11.5. The second-order valence-corrected chi connectivity index (χ2v) is 9.12. The van der Waals surface area contributed by atoms with Crippen molar-refractivity contribution in [1.82, 2.24) is 10.6 Å². The van der Waals surface area contributed by atoms with Crippen LogP contribution in [0.5, 0.6) is 0 Å². The quantitative estimate of drug-likeness (QED) is 0.537. The van der Waals surface area contributed by atoms with Gasteiger partial charge in [-0.1, -0.05) is 55.5 Å². The molecule has 1 saturated carbocycles. The minimum absolute atomic E-state index is 0.0200. The third-order valence-corrected chi connectivity index (χ3v) is 6.63. The number of hydrogen-bond acceptors (Lipinski definition) is 4. The summed E-state index contributed by atoms with van der Waals surface area (Å²) in [6.45, 7) is 2.59. The number of nitrogens with one attached hydrogen (secondary N) is 2. The van der Waals surface area contributed by atoms with E-state index in [2.05, 4.69) is 34.9 Å². The SMILES string of the molecule is CC(CCNC(=O)C1CC(NC(=O)OCC2c3ccccc3-c3ccccc32)C1)CC(=O)O. The molecule has 0 spiro atoms. The molecule has 33 heavy (non-hydrogen) atoms. The van der Waals surface area contributed by atoms with Crippen LogP contribution in [-0.2, 0) is 14.3 Å². The highest BCUT2D eigenvalue weighted by atomic mass is 16.5. The lowest BCUT2D eigenvalue weighted by atomic mass is 9.79. The van der Waals surface area contributed by atoms with E-state index in [1.54, 1.807) is 0 Å². The van der Waals surface area contributed by atoms with Gasteiger partial charge in [-0.15, -0.1) is 0 Å². The van der Waals surface area contributed by atoms with Crippen LogP contribution in [0.3, 0.4) is 0 Å². The highest BCUT2D eigenvalue weighted by Gasteiger charge is 2.36. The fraction of sp³-hybridized carbons (Fsp3) is 0.423. The number of carboxylic acid groups (broad SMARTS) is 1. The summed E-state index contributed by atoms with van der Waals surface area (Å²) in [6, 6.07) is 16.3. The normalized spacial score (nSPS) is 19.5. The van der Waals surface area contributed by atoms with Gasteiger partial charge in [0.1, 0.15) is 6.61 Å². The zero-order valence-corrected chi connectivity index (χ0v) is 18.8. The highest BCUT2D eigenvalue weighted by molar-refractivity contribution is 5.80. The predicted octanol–water partition coefficient (Wildman–Crippen LogP) is 3.92. The lowest BCUT2D eigenvalue weighted by Crippen LogP contribution is -2.49. The largest absolute Gasteiger partial charge is 0.481 e. The van der Waals surface area contributed by atoms with Gasteiger partial charge in [0, 0.05) is 30.8 Å². The van der Waals surface area contributed by atoms with E-state index in [4.69, 9.17) is 9.84 Å². The van der Waals surface area contributed by atoms with Crippen LogP contribution in [0.15, 0.2) is 48.5 Å². The Labute approximate surface area is 193 Å². The Balaban J connectivity index is 1.19. The average molecular weight is 451 g/mol. The topological polar surface area (TPSA) is 105 Å². The molecule has 0 bridgehead atoms. The van der Waals surface area contributed by atoms with Gasteiger partial charge in [0.2, 0.25) is 5.91 Å². The molecular weight excluding hydrogens is 420 g/mol. The van der Waals surface area contributed by atoms with Crippen LogP contribution in [0.2, 0.25) is 0 Å². The Morgan fingerprint density at radius 1 is 1.03 bits per heavy atom. The molecule has 0 aliphatic heterocycles. The molecule has 2 aromatic carbocycles. The van der Waals surface area contributed by atoms with E-state index in [1.807, 2.05) is 31.2 Å². The zero-order chi connectivity index (χ0) is 23.4. The van der Waals surface area contributed by atoms with Gasteiger partial charge in [-0.3, -0.25) is 9.59 Å². The number of amides is 2. The Bertz CT molecular complexity index is 985. The summed E-state index contributed by atoms with van der Waals surface area (Å²) in [5.74, 6) is -0.949. The Morgan fingerprint density at radius 3 is 2.24 bits per heavy atom. The fourth-order valence-corrected chi connectivity index (χ4v) is 4.74. The fourth-order valence-electron chi connectivity index (χ4n) is 4.74. The summed E-state index contributed by atoms with van der Waals surface area (Å²) in [6.07, 6.45) is 1.45. The van der Waals surface area contributed by atoms with Crippen LogP contribution < -0.4 is 10.6 Å². The minimum atomic E-state index is -0.824. The van der Waals surface area contributed by atoms with Crippen molar-refractivity contribution in [3.05, 3.63) is 59.7 Å². The van der Waals surface area contributed by atoms with Crippen molar-refractivity contribution in [1.29, 1.82) is 0 Å². The molecular formula is C26H30N2O5. The lowest BCUT2D eigenvalue weighted by Gasteiger charge is -2.34. The molecule has 2 amide bonds. The Kier molecular flexibility index (Phi) is 6.96. The molecule has 1 fully saturated rings. The molecule has 174 valence electrons. The highest BCUT2D eigenvalue weighted by Crippen LogP contribution is 2.44. The molecule has 2 aliphatic rings. The van der Waals surface area contributed by atoms with Crippen LogP contribution >= 0.6 is 0 Å². The third-order valence-electron chi connectivity index (χ3n) is 6.63. The number of alkyl carbamates (subject to hydrolysis) is 1. The molecule has 4 rings (SSSR count). The number of fused-ring (bicyclic) bond motifs is 3. The molecule has 0 radical (unpaired) electrons. The zero-order valence-electron chi connectivity index (χ0n) is 18.8. The summed E-state index contributed by atoms with van der Waals surface area (Å²) >= 11 is 0. The van der Waals surface area contributed by atoms with Crippen LogP contribution in [0, 0.1) is 11.8 Å². The first-order chi connectivity index (χ1) is 15.9. The number of carbonyl (C=O) groups is 3. The van der Waals surface area contributed by atoms with Gasteiger partial charge in [0.05, 0.1) is 0 Å². The third kappa shape index (κ3) is 5.35. The maximum Gasteiger partial charge on any atom is 0.407 e. The minimum Gasteiger partial charge on any atom is -0.481 e. The maximum atomic E-state index is 12.4. The van der Waals surface area contributed by atoms with E-state index in [0.717, 1.165) is 0 Å². The van der Waals surface area contributed by atoms with Crippen LogP contribution in [-0.4, -0.2) is 42.3 Å². The smallest absolute Gasteiger partial charge is 0.407 e. The Hall–Kier alpha value is -3.35. The standard InChI is InChI=1S/C26H30N2O5/c1-16(12-24(29)30)10-11-27-25(31)17-13-18(14-17)28-26(32)33-15-23-21-8-4-2-6-19(21)20-7-3-5-9-22(20)23/h2-9,16-18,23H,10-15H2,1H3,(H,27,31)(H,28,32)(H,29,30). The van der Waals surface area contributed by atoms with E-state index in [9.17, 15) is 14.4 Å². The number of aliphatic carboxylic acids is 1. The molecule has 0 saturated heterocycles. The average Bonchev–Trinajstić information content (AvgIpc) is 3.07. The number of benzene rings is 2. The van der Waals surface area contributed by atoms with E-state index < -0.39 is 12.1 Å². The van der Waals surface area contributed by atoms with Crippen molar-refractivity contribution in [3.8, 4) is 11.1 Å². The number of ether oxygens (including phenoxy) is 1. The van der Waals surface area contributed by atoms with E-state index in [-0.39, 0.29) is 42.7 Å². The monoisotopic (exact) mass is 450 g/mol. The van der Waals surface area contributed by atoms with Gasteiger partial charge >= 0.3 is 12.1 Å². The van der Waals surface area contributed by atoms with Crippen molar-refractivity contribution in [2.45, 2.75) is 44.6 Å². The van der Waals surface area contributed by atoms with Crippen molar-refractivity contribution >= 4 is 18.0 Å². The second kappa shape index (κ2) is 10.1. The molecule has 1 atom stereocenters. The van der Waals surface area contributed by atoms with Crippen LogP contribution in [0.25, 0.3) is 11.1 Å². The molecule has 7 nitrogen and oxygen atoms in total. The molecule has 0 aromatic heterocycles. The summed E-state index contributed by atoms with van der Waals surface area (Å²) < 4.78 is 5.57. The second-order valence-electron chi connectivity index (χ2n) is 9.12. The predicted molar refractivity (Wildman–Crippen MR) is 124 cm³/mol. The molecule has 2 aliphatic carbocycles. The molecule has 1 unspecified atom stereocenters. The van der Waals surface area contributed by atoms with Gasteiger partial charge in [-0.25, -0.2) is 4.79 Å². The van der Waals surface area contributed by atoms with Crippen LogP contribution in [0.1, 0.15) is 49.7 Å². The molecule has 7 heteroatoms. The van der Waals surface area contributed by atoms with Gasteiger partial charge in [-0.2, -0.15) is 0 Å². The van der Waals surface area contributed by atoms with E-state index in [0.29, 0.717) is 25.8 Å². The number of carboxylic acids is 1. The maximum absolute atomic E-state index is 12.4. The number of hydrogen-bond donors (Lipinski definition) is 3. The summed E-state index contributed by atoms with van der Waals surface area (Å²) in [5, 5.41) is 14.5. The Morgan fingerprint density at radius 2 is 1.64 bits per heavy atom. The van der Waals surface area contributed by atoms with E-state index >= 15 is 0 Å². The molecule has 0 heterocycles.